The Morgan fingerprint density at radius 3 is 2.62 bits per heavy atom. The minimum absolute atomic E-state index is 0.185. The van der Waals surface area contributed by atoms with Crippen molar-refractivity contribution in [3.63, 3.8) is 0 Å². The highest BCUT2D eigenvalue weighted by Crippen LogP contribution is 2.07. The van der Waals surface area contributed by atoms with Crippen molar-refractivity contribution in [2.24, 2.45) is 5.16 Å². The highest BCUT2D eigenvalue weighted by atomic mass is 16.7. The van der Waals surface area contributed by atoms with E-state index in [1.165, 1.54) is 25.3 Å². The van der Waals surface area contributed by atoms with Crippen LogP contribution in [0.15, 0.2) is 29.4 Å². The topological polar surface area (TPSA) is 58.9 Å². The zero-order valence-electron chi connectivity index (χ0n) is 7.10. The molecule has 1 aromatic rings. The molecule has 0 saturated carbocycles. The van der Waals surface area contributed by atoms with E-state index in [9.17, 15) is 4.79 Å². The van der Waals surface area contributed by atoms with E-state index in [4.69, 9.17) is 5.11 Å². The lowest BCUT2D eigenvalue weighted by atomic mass is 10.2. The minimum atomic E-state index is -0.463. The van der Waals surface area contributed by atoms with Crippen LogP contribution in [0.2, 0.25) is 0 Å². The minimum Gasteiger partial charge on any atom is -0.508 e. The average molecular weight is 179 g/mol. The predicted octanol–water partition coefficient (Wildman–Crippen LogP) is 1.29. The molecule has 13 heavy (non-hydrogen) atoms. The smallest absolute Gasteiger partial charge is 0.331 e. The molecular formula is C9H9NO3. The van der Waals surface area contributed by atoms with Crippen LogP contribution in [0.25, 0.3) is 0 Å². The van der Waals surface area contributed by atoms with Crippen LogP contribution in [-0.2, 0) is 9.63 Å². The first kappa shape index (κ1) is 9.25. The van der Waals surface area contributed by atoms with E-state index in [2.05, 4.69) is 9.99 Å². The number of carbonyl (C=O) groups excluding carboxylic acids is 1. The fraction of sp³-hybridized carbons (Fsp3) is 0.111. The molecule has 0 heterocycles. The molecule has 0 fully saturated rings. The van der Waals surface area contributed by atoms with E-state index < -0.39 is 5.97 Å². The second-order valence-electron chi connectivity index (χ2n) is 2.41. The van der Waals surface area contributed by atoms with Crippen LogP contribution in [0.3, 0.4) is 0 Å². The van der Waals surface area contributed by atoms with Gasteiger partial charge in [0.05, 0.1) is 6.21 Å². The van der Waals surface area contributed by atoms with Gasteiger partial charge in [0.15, 0.2) is 0 Å². The van der Waals surface area contributed by atoms with Gasteiger partial charge in [0.1, 0.15) is 5.75 Å². The Morgan fingerprint density at radius 1 is 1.46 bits per heavy atom. The first-order valence-electron chi connectivity index (χ1n) is 3.68. The lowest BCUT2D eigenvalue weighted by molar-refractivity contribution is -0.140. The summed E-state index contributed by atoms with van der Waals surface area (Å²) in [6.45, 7) is 1.27. The monoisotopic (exact) mass is 179 g/mol. The van der Waals surface area contributed by atoms with Crippen molar-refractivity contribution >= 4 is 12.2 Å². The number of hydrogen-bond acceptors (Lipinski definition) is 4. The Kier molecular flexibility index (Phi) is 3.03. The van der Waals surface area contributed by atoms with Crippen molar-refractivity contribution < 1.29 is 14.7 Å². The standard InChI is InChI=1S/C9H9NO3/c1-7(11)13-10-6-8-2-4-9(12)5-3-8/h2-6,12H,1H3/b10-6+. The van der Waals surface area contributed by atoms with Gasteiger partial charge in [-0.3, -0.25) is 0 Å². The van der Waals surface area contributed by atoms with Gasteiger partial charge in [-0.2, -0.15) is 0 Å². The number of oxime groups is 1. The number of phenolic OH excluding ortho intramolecular Hbond substituents is 1. The fourth-order valence-electron chi connectivity index (χ4n) is 0.722. The van der Waals surface area contributed by atoms with Crippen LogP contribution in [0.4, 0.5) is 0 Å². The summed E-state index contributed by atoms with van der Waals surface area (Å²) in [5.74, 6) is -0.278. The Balaban J connectivity index is 2.59. The molecule has 0 aliphatic rings. The summed E-state index contributed by atoms with van der Waals surface area (Å²) in [5, 5.41) is 12.4. The van der Waals surface area contributed by atoms with Crippen LogP contribution in [0.5, 0.6) is 5.75 Å². The van der Waals surface area contributed by atoms with E-state index in [1.54, 1.807) is 12.1 Å². The molecule has 4 nitrogen and oxygen atoms in total. The second-order valence-corrected chi connectivity index (χ2v) is 2.41. The number of carbonyl (C=O) groups is 1. The summed E-state index contributed by atoms with van der Waals surface area (Å²) in [5.41, 5.74) is 0.749. The first-order valence-corrected chi connectivity index (χ1v) is 3.68. The molecule has 0 bridgehead atoms. The number of nitrogens with zero attached hydrogens (tertiary/aromatic N) is 1. The van der Waals surface area contributed by atoms with Crippen molar-refractivity contribution in [1.82, 2.24) is 0 Å². The van der Waals surface area contributed by atoms with E-state index >= 15 is 0 Å². The normalized spacial score (nSPS) is 10.2. The first-order chi connectivity index (χ1) is 6.18. The zero-order chi connectivity index (χ0) is 9.68. The summed E-state index contributed by atoms with van der Waals surface area (Å²) in [6, 6.07) is 6.36. The molecular weight excluding hydrogens is 170 g/mol. The van der Waals surface area contributed by atoms with Crippen LogP contribution in [0, 0.1) is 0 Å². The molecule has 1 N–H and O–H groups in total. The lowest BCUT2D eigenvalue weighted by Crippen LogP contribution is -1.91. The number of phenols is 1. The van der Waals surface area contributed by atoms with Crippen LogP contribution < -0.4 is 0 Å². The quantitative estimate of drug-likeness (QED) is 0.422. The maximum Gasteiger partial charge on any atom is 0.331 e. The third kappa shape index (κ3) is 3.37. The molecule has 0 spiro atoms. The molecule has 0 unspecified atom stereocenters. The van der Waals surface area contributed by atoms with E-state index in [1.807, 2.05) is 0 Å². The summed E-state index contributed by atoms with van der Waals surface area (Å²) in [4.78, 5) is 14.7. The van der Waals surface area contributed by atoms with E-state index in [0.717, 1.165) is 5.56 Å². The summed E-state index contributed by atoms with van der Waals surface area (Å²) >= 11 is 0. The summed E-state index contributed by atoms with van der Waals surface area (Å²) in [7, 11) is 0. The average Bonchev–Trinajstić information content (AvgIpc) is 2.08. The van der Waals surface area contributed by atoms with Gasteiger partial charge in [-0.25, -0.2) is 4.79 Å². The molecule has 0 atom stereocenters. The molecule has 4 heteroatoms. The van der Waals surface area contributed by atoms with Gasteiger partial charge in [0.2, 0.25) is 0 Å². The van der Waals surface area contributed by atoms with Gasteiger partial charge in [-0.1, -0.05) is 5.16 Å². The molecule has 0 radical (unpaired) electrons. The molecule has 0 aliphatic heterocycles. The van der Waals surface area contributed by atoms with Crippen LogP contribution >= 0.6 is 0 Å². The number of rotatable bonds is 2. The van der Waals surface area contributed by atoms with E-state index in [0.29, 0.717) is 0 Å². The van der Waals surface area contributed by atoms with Gasteiger partial charge in [0, 0.05) is 6.92 Å². The fourth-order valence-corrected chi connectivity index (χ4v) is 0.722. The van der Waals surface area contributed by atoms with Gasteiger partial charge < -0.3 is 9.94 Å². The van der Waals surface area contributed by atoms with Crippen LogP contribution in [-0.4, -0.2) is 17.3 Å². The third-order valence-electron chi connectivity index (χ3n) is 1.28. The molecule has 0 amide bonds. The number of benzene rings is 1. The van der Waals surface area contributed by atoms with Gasteiger partial charge >= 0.3 is 5.97 Å². The van der Waals surface area contributed by atoms with Gasteiger partial charge in [0.25, 0.3) is 0 Å². The number of aromatic hydroxyl groups is 1. The Morgan fingerprint density at radius 2 is 2.08 bits per heavy atom. The molecule has 0 saturated heterocycles. The largest absolute Gasteiger partial charge is 0.508 e. The second kappa shape index (κ2) is 4.25. The Labute approximate surface area is 75.4 Å². The van der Waals surface area contributed by atoms with E-state index in [-0.39, 0.29) is 5.75 Å². The molecule has 0 aliphatic carbocycles. The zero-order valence-corrected chi connectivity index (χ0v) is 7.10. The molecule has 0 aromatic heterocycles. The maximum absolute atomic E-state index is 10.3. The highest BCUT2D eigenvalue weighted by molar-refractivity contribution is 5.80. The lowest BCUT2D eigenvalue weighted by Gasteiger charge is -1.92. The van der Waals surface area contributed by atoms with Crippen LogP contribution in [0.1, 0.15) is 12.5 Å². The molecule has 1 rings (SSSR count). The predicted molar refractivity (Wildman–Crippen MR) is 47.5 cm³/mol. The number of hydrogen-bond donors (Lipinski definition) is 1. The Hall–Kier alpha value is -1.84. The molecule has 1 aromatic carbocycles. The summed E-state index contributed by atoms with van der Waals surface area (Å²) in [6.07, 6.45) is 1.39. The van der Waals surface area contributed by atoms with Crippen molar-refractivity contribution in [3.05, 3.63) is 29.8 Å². The molecule has 68 valence electrons. The third-order valence-corrected chi connectivity index (χ3v) is 1.28. The summed E-state index contributed by atoms with van der Waals surface area (Å²) < 4.78 is 0. The SMILES string of the molecule is CC(=O)O/N=C/c1ccc(O)cc1. The van der Waals surface area contributed by atoms with Crippen molar-refractivity contribution in [1.29, 1.82) is 0 Å². The van der Waals surface area contributed by atoms with Gasteiger partial charge in [-0.15, -0.1) is 0 Å². The van der Waals surface area contributed by atoms with Crippen molar-refractivity contribution in [2.45, 2.75) is 6.92 Å². The Bertz CT molecular complexity index is 316. The van der Waals surface area contributed by atoms with Crippen molar-refractivity contribution in [3.8, 4) is 5.75 Å². The van der Waals surface area contributed by atoms with Crippen molar-refractivity contribution in [2.75, 3.05) is 0 Å². The highest BCUT2D eigenvalue weighted by Gasteiger charge is 1.90. The maximum atomic E-state index is 10.3. The van der Waals surface area contributed by atoms with Gasteiger partial charge in [-0.05, 0) is 29.8 Å².